The molecule has 0 radical (unpaired) electrons. The van der Waals surface area contributed by atoms with Crippen LogP contribution in [0.2, 0.25) is 0 Å². The third-order valence-electron chi connectivity index (χ3n) is 5.77. The van der Waals surface area contributed by atoms with Crippen molar-refractivity contribution < 1.29 is 23.8 Å². The molecule has 160 valence electrons. The number of carbonyl (C=O) groups is 2. The van der Waals surface area contributed by atoms with Gasteiger partial charge in [-0.05, 0) is 42.3 Å². The fourth-order valence-corrected chi connectivity index (χ4v) is 4.18. The Morgan fingerprint density at radius 3 is 2.65 bits per heavy atom. The SMILES string of the molecule is CCOc1ccc([C@H]2NC(=O)N(C)C3=C2C(=O)N(Cc2ccc4c(c2)OCO4)C3)cc1. The summed E-state index contributed by atoms with van der Waals surface area (Å²) < 4.78 is 16.3. The molecule has 3 aliphatic heterocycles. The number of fused-ring (bicyclic) bond motifs is 1. The van der Waals surface area contributed by atoms with Crippen LogP contribution in [0.3, 0.4) is 0 Å². The third-order valence-corrected chi connectivity index (χ3v) is 5.77. The summed E-state index contributed by atoms with van der Waals surface area (Å²) in [7, 11) is 1.69. The fraction of sp³-hybridized carbons (Fsp3) is 0.304. The Hall–Kier alpha value is -3.68. The van der Waals surface area contributed by atoms with Gasteiger partial charge in [0.1, 0.15) is 5.75 Å². The summed E-state index contributed by atoms with van der Waals surface area (Å²) in [5.74, 6) is 2.06. The molecule has 3 amide bonds. The molecular weight excluding hydrogens is 398 g/mol. The van der Waals surface area contributed by atoms with Crippen LogP contribution in [0.1, 0.15) is 24.1 Å². The van der Waals surface area contributed by atoms with Gasteiger partial charge in [-0.15, -0.1) is 0 Å². The molecule has 1 atom stereocenters. The maximum atomic E-state index is 13.4. The van der Waals surface area contributed by atoms with Crippen LogP contribution in [-0.4, -0.2) is 48.7 Å². The third kappa shape index (κ3) is 3.34. The molecule has 0 saturated carbocycles. The predicted molar refractivity (Wildman–Crippen MR) is 112 cm³/mol. The van der Waals surface area contributed by atoms with Crippen molar-refractivity contribution in [1.29, 1.82) is 0 Å². The first-order valence-corrected chi connectivity index (χ1v) is 10.2. The molecule has 3 heterocycles. The molecule has 0 spiro atoms. The molecule has 5 rings (SSSR count). The number of hydrogen-bond donors (Lipinski definition) is 1. The van der Waals surface area contributed by atoms with Crippen molar-refractivity contribution in [3.8, 4) is 17.2 Å². The lowest BCUT2D eigenvalue weighted by atomic mass is 9.95. The lowest BCUT2D eigenvalue weighted by Gasteiger charge is -2.31. The summed E-state index contributed by atoms with van der Waals surface area (Å²) in [5.41, 5.74) is 3.12. The number of carbonyl (C=O) groups excluding carboxylic acids is 2. The second kappa shape index (κ2) is 7.54. The topological polar surface area (TPSA) is 80.3 Å². The quantitative estimate of drug-likeness (QED) is 0.803. The summed E-state index contributed by atoms with van der Waals surface area (Å²) in [6, 6.07) is 12.4. The smallest absolute Gasteiger partial charge is 0.322 e. The lowest BCUT2D eigenvalue weighted by Crippen LogP contribution is -2.45. The number of benzene rings is 2. The number of urea groups is 1. The zero-order chi connectivity index (χ0) is 21.5. The number of hydrogen-bond acceptors (Lipinski definition) is 5. The Balaban J connectivity index is 1.41. The standard InChI is InChI=1S/C23H23N3O5/c1-3-29-16-7-5-15(6-8-16)21-20-17(25(2)23(28)24-21)12-26(22(20)27)11-14-4-9-18-19(10-14)31-13-30-18/h4-10,21H,3,11-13H2,1-2H3,(H,24,28)/t21-/m1/s1. The van der Waals surface area contributed by atoms with E-state index in [1.54, 1.807) is 11.9 Å². The normalized spacial score (nSPS) is 19.6. The number of likely N-dealkylation sites (N-methyl/N-ethyl adjacent to an activating group) is 1. The van der Waals surface area contributed by atoms with Gasteiger partial charge in [0.25, 0.3) is 5.91 Å². The average molecular weight is 421 g/mol. The van der Waals surface area contributed by atoms with Crippen LogP contribution in [-0.2, 0) is 11.3 Å². The molecule has 1 N–H and O–H groups in total. The van der Waals surface area contributed by atoms with E-state index < -0.39 is 6.04 Å². The van der Waals surface area contributed by atoms with Gasteiger partial charge in [-0.25, -0.2) is 4.79 Å². The molecule has 0 bridgehead atoms. The highest BCUT2D eigenvalue weighted by atomic mass is 16.7. The summed E-state index contributed by atoms with van der Waals surface area (Å²) >= 11 is 0. The van der Waals surface area contributed by atoms with Crippen molar-refractivity contribution in [3.63, 3.8) is 0 Å². The van der Waals surface area contributed by atoms with Gasteiger partial charge in [-0.1, -0.05) is 18.2 Å². The second-order valence-electron chi connectivity index (χ2n) is 7.65. The minimum atomic E-state index is -0.497. The molecule has 0 saturated heterocycles. The molecule has 0 aromatic heterocycles. The molecule has 2 aromatic carbocycles. The molecule has 8 nitrogen and oxygen atoms in total. The largest absolute Gasteiger partial charge is 0.494 e. The van der Waals surface area contributed by atoms with Crippen LogP contribution < -0.4 is 19.5 Å². The zero-order valence-corrected chi connectivity index (χ0v) is 17.4. The van der Waals surface area contributed by atoms with Crippen molar-refractivity contribution in [2.75, 3.05) is 27.0 Å². The van der Waals surface area contributed by atoms with Crippen molar-refractivity contribution in [2.24, 2.45) is 0 Å². The van der Waals surface area contributed by atoms with Gasteiger partial charge in [0, 0.05) is 13.6 Å². The molecule has 0 aliphatic carbocycles. The van der Waals surface area contributed by atoms with Crippen LogP contribution in [0.25, 0.3) is 0 Å². The van der Waals surface area contributed by atoms with Gasteiger partial charge in [0.2, 0.25) is 6.79 Å². The number of ether oxygens (including phenoxy) is 3. The van der Waals surface area contributed by atoms with Crippen LogP contribution in [0, 0.1) is 0 Å². The van der Waals surface area contributed by atoms with Crippen LogP contribution >= 0.6 is 0 Å². The molecule has 8 heteroatoms. The number of nitrogens with zero attached hydrogens (tertiary/aromatic N) is 2. The maximum Gasteiger partial charge on any atom is 0.322 e. The van der Waals surface area contributed by atoms with E-state index in [2.05, 4.69) is 5.32 Å². The van der Waals surface area contributed by atoms with Gasteiger partial charge in [-0.2, -0.15) is 0 Å². The second-order valence-corrected chi connectivity index (χ2v) is 7.65. The Labute approximate surface area is 180 Å². The van der Waals surface area contributed by atoms with Crippen molar-refractivity contribution >= 4 is 11.9 Å². The summed E-state index contributed by atoms with van der Waals surface area (Å²) in [6.07, 6.45) is 0. The van der Waals surface area contributed by atoms with Gasteiger partial charge >= 0.3 is 6.03 Å². The van der Waals surface area contributed by atoms with Crippen molar-refractivity contribution in [1.82, 2.24) is 15.1 Å². The first-order valence-electron chi connectivity index (χ1n) is 10.2. The van der Waals surface area contributed by atoms with E-state index in [0.717, 1.165) is 22.6 Å². The van der Waals surface area contributed by atoms with Crippen LogP contribution in [0.5, 0.6) is 17.2 Å². The minimum absolute atomic E-state index is 0.0848. The summed E-state index contributed by atoms with van der Waals surface area (Å²) in [5, 5.41) is 2.96. The monoisotopic (exact) mass is 421 g/mol. The fourth-order valence-electron chi connectivity index (χ4n) is 4.18. The van der Waals surface area contributed by atoms with E-state index in [9.17, 15) is 9.59 Å². The summed E-state index contributed by atoms with van der Waals surface area (Å²) in [4.78, 5) is 29.3. The highest BCUT2D eigenvalue weighted by Gasteiger charge is 2.42. The Bertz CT molecular complexity index is 1080. The molecule has 0 unspecified atom stereocenters. The predicted octanol–water partition coefficient (Wildman–Crippen LogP) is 2.81. The van der Waals surface area contributed by atoms with Crippen molar-refractivity contribution in [2.45, 2.75) is 19.5 Å². The Morgan fingerprint density at radius 1 is 1.10 bits per heavy atom. The van der Waals surface area contributed by atoms with E-state index in [4.69, 9.17) is 14.2 Å². The van der Waals surface area contributed by atoms with E-state index >= 15 is 0 Å². The van der Waals surface area contributed by atoms with E-state index in [1.165, 1.54) is 4.90 Å². The number of amides is 3. The number of rotatable bonds is 5. The lowest BCUT2D eigenvalue weighted by molar-refractivity contribution is -0.126. The molecule has 3 aliphatic rings. The highest BCUT2D eigenvalue weighted by molar-refractivity contribution is 6.01. The molecule has 31 heavy (non-hydrogen) atoms. The van der Waals surface area contributed by atoms with Crippen LogP contribution in [0.15, 0.2) is 53.7 Å². The zero-order valence-electron chi connectivity index (χ0n) is 17.4. The highest BCUT2D eigenvalue weighted by Crippen LogP contribution is 2.38. The molecule has 2 aromatic rings. The first kappa shape index (κ1) is 19.3. The minimum Gasteiger partial charge on any atom is -0.494 e. The molecule has 0 fully saturated rings. The maximum absolute atomic E-state index is 13.4. The van der Waals surface area contributed by atoms with Gasteiger partial charge in [0.05, 0.1) is 30.5 Å². The van der Waals surface area contributed by atoms with Gasteiger partial charge < -0.3 is 24.4 Å². The van der Waals surface area contributed by atoms with Crippen molar-refractivity contribution in [3.05, 3.63) is 64.9 Å². The van der Waals surface area contributed by atoms with Gasteiger partial charge in [-0.3, -0.25) is 9.69 Å². The first-order chi connectivity index (χ1) is 15.0. The Kier molecular flexibility index (Phi) is 4.69. The van der Waals surface area contributed by atoms with Gasteiger partial charge in [0.15, 0.2) is 11.5 Å². The Morgan fingerprint density at radius 2 is 1.87 bits per heavy atom. The molecular formula is C23H23N3O5. The van der Waals surface area contributed by atoms with Crippen LogP contribution in [0.4, 0.5) is 4.79 Å². The van der Waals surface area contributed by atoms with E-state index in [0.29, 0.717) is 36.8 Å². The summed E-state index contributed by atoms with van der Waals surface area (Å²) in [6.45, 7) is 3.50. The van der Waals surface area contributed by atoms with E-state index in [1.807, 2.05) is 49.4 Å². The average Bonchev–Trinajstić information content (AvgIpc) is 3.36. The number of nitrogens with one attached hydrogen (secondary N) is 1. The van der Waals surface area contributed by atoms with E-state index in [-0.39, 0.29) is 18.7 Å².